The third kappa shape index (κ3) is 5.55. The van der Waals surface area contributed by atoms with Crippen LogP contribution in [0.15, 0.2) is 4.99 Å². The van der Waals surface area contributed by atoms with Gasteiger partial charge in [-0.05, 0) is 40.0 Å². The maximum absolute atomic E-state index is 12.1. The van der Waals surface area contributed by atoms with Crippen LogP contribution in [0.2, 0.25) is 0 Å². The number of aryl methyl sites for hydroxylation is 2. The number of aliphatic imine (C=N–C) groups is 1. The van der Waals surface area contributed by atoms with E-state index in [0.717, 1.165) is 54.6 Å². The van der Waals surface area contributed by atoms with E-state index in [1.54, 1.807) is 11.3 Å². The van der Waals surface area contributed by atoms with Gasteiger partial charge < -0.3 is 10.6 Å². The Morgan fingerprint density at radius 1 is 1.38 bits per heavy atom. The van der Waals surface area contributed by atoms with Crippen molar-refractivity contribution in [2.75, 3.05) is 12.3 Å². The molecule has 0 radical (unpaired) electrons. The average molecular weight is 371 g/mol. The van der Waals surface area contributed by atoms with Crippen LogP contribution in [0.1, 0.15) is 55.1 Å². The molecule has 136 valence electrons. The molecule has 3 unspecified atom stereocenters. The Hall–Kier alpha value is -0.950. The molecule has 1 aliphatic carbocycles. The van der Waals surface area contributed by atoms with Crippen molar-refractivity contribution in [2.24, 2.45) is 4.99 Å². The van der Waals surface area contributed by atoms with E-state index >= 15 is 0 Å². The van der Waals surface area contributed by atoms with Crippen LogP contribution in [0, 0.1) is 13.8 Å². The molecule has 2 rings (SSSR count). The van der Waals surface area contributed by atoms with Gasteiger partial charge in [-0.1, -0.05) is 13.3 Å². The SMILES string of the molecule is CCNC(=NCc1nc(C)c(C)s1)NC1CCCC(S(=O)CC)C1. The van der Waals surface area contributed by atoms with Gasteiger partial charge in [-0.15, -0.1) is 11.3 Å². The second kappa shape index (κ2) is 9.51. The Bertz CT molecular complexity index is 566. The summed E-state index contributed by atoms with van der Waals surface area (Å²) in [6, 6.07) is 0.358. The first-order valence-electron chi connectivity index (χ1n) is 8.88. The van der Waals surface area contributed by atoms with E-state index in [9.17, 15) is 4.21 Å². The number of guanidine groups is 1. The summed E-state index contributed by atoms with van der Waals surface area (Å²) in [6.07, 6.45) is 4.32. The minimum Gasteiger partial charge on any atom is -0.357 e. The fourth-order valence-corrected chi connectivity index (χ4v) is 5.22. The topological polar surface area (TPSA) is 66.4 Å². The maximum atomic E-state index is 12.1. The molecule has 24 heavy (non-hydrogen) atoms. The van der Waals surface area contributed by atoms with E-state index in [1.807, 2.05) is 13.8 Å². The smallest absolute Gasteiger partial charge is 0.191 e. The van der Waals surface area contributed by atoms with Gasteiger partial charge in [-0.25, -0.2) is 9.98 Å². The molecule has 1 aliphatic rings. The predicted octanol–water partition coefficient (Wildman–Crippen LogP) is 2.89. The second-order valence-corrected chi connectivity index (χ2v) is 9.54. The zero-order valence-electron chi connectivity index (χ0n) is 15.2. The summed E-state index contributed by atoms with van der Waals surface area (Å²) in [5.74, 6) is 1.60. The number of nitrogens with one attached hydrogen (secondary N) is 2. The van der Waals surface area contributed by atoms with Crippen LogP contribution >= 0.6 is 11.3 Å². The fraction of sp³-hybridized carbons (Fsp3) is 0.765. The van der Waals surface area contributed by atoms with Crippen LogP contribution in [0.5, 0.6) is 0 Å². The van der Waals surface area contributed by atoms with E-state index in [1.165, 1.54) is 4.88 Å². The molecule has 1 fully saturated rings. The summed E-state index contributed by atoms with van der Waals surface area (Å²) in [5, 5.41) is 8.24. The molecule has 2 N–H and O–H groups in total. The Morgan fingerprint density at radius 3 is 2.79 bits per heavy atom. The third-order valence-electron chi connectivity index (χ3n) is 4.41. The van der Waals surface area contributed by atoms with E-state index < -0.39 is 10.8 Å². The Balaban J connectivity index is 1.96. The predicted molar refractivity (Wildman–Crippen MR) is 104 cm³/mol. The van der Waals surface area contributed by atoms with Gasteiger partial charge >= 0.3 is 0 Å². The van der Waals surface area contributed by atoms with Crippen molar-refractivity contribution in [3.05, 3.63) is 15.6 Å². The largest absolute Gasteiger partial charge is 0.357 e. The third-order valence-corrected chi connectivity index (χ3v) is 7.21. The molecule has 1 aromatic heterocycles. The molecule has 0 spiro atoms. The zero-order valence-corrected chi connectivity index (χ0v) is 16.9. The molecular weight excluding hydrogens is 340 g/mol. The van der Waals surface area contributed by atoms with Gasteiger partial charge in [0.15, 0.2) is 5.96 Å². The number of hydrogen-bond acceptors (Lipinski definition) is 4. The summed E-state index contributed by atoms with van der Waals surface area (Å²) in [5.41, 5.74) is 1.10. The molecule has 1 aromatic rings. The van der Waals surface area contributed by atoms with Crippen LogP contribution < -0.4 is 10.6 Å². The molecule has 1 heterocycles. The highest BCUT2D eigenvalue weighted by Crippen LogP contribution is 2.23. The maximum Gasteiger partial charge on any atom is 0.191 e. The molecule has 5 nitrogen and oxygen atoms in total. The van der Waals surface area contributed by atoms with Crippen molar-refractivity contribution in [2.45, 2.75) is 71.2 Å². The molecule has 0 bridgehead atoms. The van der Waals surface area contributed by atoms with Gasteiger partial charge in [0.1, 0.15) is 5.01 Å². The monoisotopic (exact) mass is 370 g/mol. The van der Waals surface area contributed by atoms with Gasteiger partial charge in [0.2, 0.25) is 0 Å². The Labute approximate surface area is 152 Å². The molecule has 3 atom stereocenters. The van der Waals surface area contributed by atoms with Crippen LogP contribution in [0.4, 0.5) is 0 Å². The van der Waals surface area contributed by atoms with Crippen molar-refractivity contribution in [1.29, 1.82) is 0 Å². The van der Waals surface area contributed by atoms with E-state index in [0.29, 0.717) is 17.8 Å². The van der Waals surface area contributed by atoms with Crippen LogP contribution in [0.25, 0.3) is 0 Å². The zero-order chi connectivity index (χ0) is 17.5. The first-order chi connectivity index (χ1) is 11.5. The van der Waals surface area contributed by atoms with Crippen molar-refractivity contribution in [1.82, 2.24) is 15.6 Å². The summed E-state index contributed by atoms with van der Waals surface area (Å²) in [4.78, 5) is 10.5. The van der Waals surface area contributed by atoms with Crippen LogP contribution in [0.3, 0.4) is 0 Å². The highest BCUT2D eigenvalue weighted by atomic mass is 32.2. The molecule has 7 heteroatoms. The number of hydrogen-bond donors (Lipinski definition) is 2. The highest BCUT2D eigenvalue weighted by Gasteiger charge is 2.26. The standard InChI is InChI=1S/C17H30N4OS2/c1-5-18-17(19-11-16-20-12(3)13(4)23-16)21-14-8-7-9-15(10-14)24(22)6-2/h14-15H,5-11H2,1-4H3,(H2,18,19,21). The quantitative estimate of drug-likeness (QED) is 0.597. The molecule has 0 aromatic carbocycles. The fourth-order valence-electron chi connectivity index (χ4n) is 3.02. The Morgan fingerprint density at radius 2 is 2.17 bits per heavy atom. The van der Waals surface area contributed by atoms with E-state index in [2.05, 4.69) is 34.5 Å². The van der Waals surface area contributed by atoms with Crippen molar-refractivity contribution in [3.8, 4) is 0 Å². The van der Waals surface area contributed by atoms with Crippen molar-refractivity contribution in [3.63, 3.8) is 0 Å². The number of thiazole rings is 1. The van der Waals surface area contributed by atoms with Crippen molar-refractivity contribution < 1.29 is 4.21 Å². The number of rotatable bonds is 6. The lowest BCUT2D eigenvalue weighted by Gasteiger charge is -2.30. The lowest BCUT2D eigenvalue weighted by Crippen LogP contribution is -2.46. The van der Waals surface area contributed by atoms with Gasteiger partial charge in [0.25, 0.3) is 0 Å². The molecular formula is C17H30N4OS2. The van der Waals surface area contributed by atoms with Crippen LogP contribution in [-0.2, 0) is 17.3 Å². The van der Waals surface area contributed by atoms with Gasteiger partial charge in [0.05, 0.1) is 12.2 Å². The van der Waals surface area contributed by atoms with Gasteiger partial charge in [-0.2, -0.15) is 0 Å². The van der Waals surface area contributed by atoms with E-state index in [4.69, 9.17) is 0 Å². The highest BCUT2D eigenvalue weighted by molar-refractivity contribution is 7.85. The second-order valence-electron chi connectivity index (χ2n) is 6.24. The molecule has 0 saturated heterocycles. The molecule has 1 saturated carbocycles. The summed E-state index contributed by atoms with van der Waals surface area (Å²) in [7, 11) is -0.695. The van der Waals surface area contributed by atoms with Crippen LogP contribution in [-0.4, -0.2) is 38.7 Å². The van der Waals surface area contributed by atoms with E-state index in [-0.39, 0.29) is 0 Å². The number of nitrogens with zero attached hydrogens (tertiary/aromatic N) is 2. The summed E-state index contributed by atoms with van der Waals surface area (Å²) in [6.45, 7) is 9.66. The first kappa shape index (κ1) is 19.4. The normalized spacial score (nSPS) is 23.1. The summed E-state index contributed by atoms with van der Waals surface area (Å²) < 4.78 is 12.1. The van der Waals surface area contributed by atoms with Gasteiger partial charge in [-0.3, -0.25) is 4.21 Å². The summed E-state index contributed by atoms with van der Waals surface area (Å²) >= 11 is 1.71. The lowest BCUT2D eigenvalue weighted by molar-refractivity contribution is 0.413. The lowest BCUT2D eigenvalue weighted by atomic mass is 9.95. The minimum absolute atomic E-state index is 0.327. The first-order valence-corrected chi connectivity index (χ1v) is 11.1. The van der Waals surface area contributed by atoms with Gasteiger partial charge in [0, 0.05) is 39.3 Å². The molecule has 0 aliphatic heterocycles. The number of aromatic nitrogens is 1. The molecule has 0 amide bonds. The average Bonchev–Trinajstić information content (AvgIpc) is 2.90. The Kier molecular flexibility index (Phi) is 7.68. The minimum atomic E-state index is -0.695. The van der Waals surface area contributed by atoms with Crippen molar-refractivity contribution >= 4 is 28.1 Å².